The highest BCUT2D eigenvalue weighted by atomic mass is 32.1. The zero-order valence-corrected chi connectivity index (χ0v) is 15.1. The number of ether oxygens (including phenoxy) is 1. The summed E-state index contributed by atoms with van der Waals surface area (Å²) in [7, 11) is 0. The average molecular weight is 374 g/mol. The van der Waals surface area contributed by atoms with Crippen molar-refractivity contribution in [3.63, 3.8) is 0 Å². The van der Waals surface area contributed by atoms with Crippen LogP contribution in [0.25, 0.3) is 10.6 Å². The Hall–Kier alpha value is -2.65. The molecule has 9 heteroatoms. The van der Waals surface area contributed by atoms with Crippen molar-refractivity contribution < 1.29 is 14.3 Å². The van der Waals surface area contributed by atoms with Crippen molar-refractivity contribution in [1.82, 2.24) is 15.0 Å². The van der Waals surface area contributed by atoms with E-state index >= 15 is 0 Å². The maximum atomic E-state index is 12.4. The molecule has 0 saturated heterocycles. The van der Waals surface area contributed by atoms with Crippen LogP contribution in [0, 0.1) is 6.92 Å². The average Bonchev–Trinajstić information content (AvgIpc) is 3.25. The van der Waals surface area contributed by atoms with Gasteiger partial charge in [-0.15, -0.1) is 11.3 Å². The third-order valence-corrected chi connectivity index (χ3v) is 5.07. The van der Waals surface area contributed by atoms with Gasteiger partial charge in [0.2, 0.25) is 5.95 Å². The van der Waals surface area contributed by atoms with Crippen molar-refractivity contribution in [2.24, 2.45) is 0 Å². The minimum absolute atomic E-state index is 0.157. The highest BCUT2D eigenvalue weighted by Gasteiger charge is 2.23. The topological polar surface area (TPSA) is 94.1 Å². The molecule has 3 aromatic rings. The molecule has 1 amide bonds. The first-order valence-corrected chi connectivity index (χ1v) is 9.09. The predicted molar refractivity (Wildman–Crippen MR) is 95.7 cm³/mol. The van der Waals surface area contributed by atoms with E-state index < -0.39 is 18.0 Å². The van der Waals surface area contributed by atoms with Crippen molar-refractivity contribution in [3.05, 3.63) is 45.9 Å². The number of hydrogen-bond acceptors (Lipinski definition) is 8. The number of rotatable bonds is 5. The number of hydrogen-bond donors (Lipinski definition) is 1. The van der Waals surface area contributed by atoms with E-state index in [9.17, 15) is 9.59 Å². The molecule has 3 aromatic heterocycles. The van der Waals surface area contributed by atoms with Crippen LogP contribution in [0.1, 0.15) is 22.3 Å². The molecule has 25 heavy (non-hydrogen) atoms. The third-order valence-electron chi connectivity index (χ3n) is 3.20. The first-order valence-electron chi connectivity index (χ1n) is 7.33. The normalized spacial score (nSPS) is 11.8. The van der Waals surface area contributed by atoms with Gasteiger partial charge in [0, 0.05) is 23.3 Å². The molecule has 0 aliphatic heterocycles. The Labute approximate surface area is 151 Å². The number of anilines is 1. The number of thiazole rings is 1. The predicted octanol–water partition coefficient (Wildman–Crippen LogP) is 3.15. The molecule has 0 aromatic carbocycles. The molecule has 128 valence electrons. The Bertz CT molecular complexity index is 878. The number of nitrogens with one attached hydrogen (secondary N) is 1. The van der Waals surface area contributed by atoms with E-state index in [-0.39, 0.29) is 5.95 Å². The molecule has 1 atom stereocenters. The molecule has 3 heterocycles. The lowest BCUT2D eigenvalue weighted by Crippen LogP contribution is -2.30. The van der Waals surface area contributed by atoms with Gasteiger partial charge in [-0.05, 0) is 31.4 Å². The monoisotopic (exact) mass is 374 g/mol. The minimum Gasteiger partial charge on any atom is -0.448 e. The van der Waals surface area contributed by atoms with Crippen molar-refractivity contribution >= 4 is 40.5 Å². The quantitative estimate of drug-likeness (QED) is 0.690. The lowest BCUT2D eigenvalue weighted by molar-refractivity contribution is -0.123. The second kappa shape index (κ2) is 7.49. The molecular formula is C16H14N4O3S2. The van der Waals surface area contributed by atoms with Crippen LogP contribution in [-0.4, -0.2) is 32.9 Å². The third kappa shape index (κ3) is 4.06. The molecule has 0 radical (unpaired) electrons. The van der Waals surface area contributed by atoms with Crippen LogP contribution in [0.5, 0.6) is 0 Å². The van der Waals surface area contributed by atoms with Crippen LogP contribution < -0.4 is 5.32 Å². The summed E-state index contributed by atoms with van der Waals surface area (Å²) in [4.78, 5) is 37.0. The van der Waals surface area contributed by atoms with Gasteiger partial charge in [-0.3, -0.25) is 10.1 Å². The minimum atomic E-state index is -0.984. The van der Waals surface area contributed by atoms with Gasteiger partial charge >= 0.3 is 5.97 Å². The first kappa shape index (κ1) is 17.2. The lowest BCUT2D eigenvalue weighted by atomic mass is 10.3. The number of nitrogens with zero attached hydrogens (tertiary/aromatic N) is 3. The highest BCUT2D eigenvalue weighted by Crippen LogP contribution is 2.30. The Morgan fingerprint density at radius 3 is 2.72 bits per heavy atom. The fourth-order valence-electron chi connectivity index (χ4n) is 1.94. The summed E-state index contributed by atoms with van der Waals surface area (Å²) in [5.74, 6) is -0.919. The van der Waals surface area contributed by atoms with Crippen molar-refractivity contribution in [3.8, 4) is 10.6 Å². The molecule has 1 N–H and O–H groups in total. The number of aryl methyl sites for hydroxylation is 1. The molecule has 7 nitrogen and oxygen atoms in total. The fraction of sp³-hybridized carbons (Fsp3) is 0.188. The zero-order chi connectivity index (χ0) is 17.8. The van der Waals surface area contributed by atoms with Crippen LogP contribution >= 0.6 is 22.7 Å². The number of aromatic nitrogens is 3. The summed E-state index contributed by atoms with van der Waals surface area (Å²) in [5.41, 5.74) is 1.54. The van der Waals surface area contributed by atoms with Crippen molar-refractivity contribution in [2.45, 2.75) is 20.0 Å². The van der Waals surface area contributed by atoms with Gasteiger partial charge in [0.05, 0.1) is 5.69 Å². The van der Waals surface area contributed by atoms with E-state index in [1.807, 2.05) is 16.8 Å². The summed E-state index contributed by atoms with van der Waals surface area (Å²) in [5, 5.41) is 7.15. The number of esters is 1. The molecular weight excluding hydrogens is 360 g/mol. The van der Waals surface area contributed by atoms with Crippen LogP contribution in [0.3, 0.4) is 0 Å². The van der Waals surface area contributed by atoms with Crippen molar-refractivity contribution in [2.75, 3.05) is 5.32 Å². The Balaban J connectivity index is 1.66. The lowest BCUT2D eigenvalue weighted by Gasteiger charge is -2.12. The van der Waals surface area contributed by atoms with E-state index in [1.54, 1.807) is 24.3 Å². The van der Waals surface area contributed by atoms with Gasteiger partial charge in [0.1, 0.15) is 9.88 Å². The van der Waals surface area contributed by atoms with Crippen LogP contribution in [0.2, 0.25) is 0 Å². The van der Waals surface area contributed by atoms with Gasteiger partial charge in [-0.2, -0.15) is 11.3 Å². The second-order valence-electron chi connectivity index (χ2n) is 5.05. The van der Waals surface area contributed by atoms with Crippen LogP contribution in [0.4, 0.5) is 5.95 Å². The summed E-state index contributed by atoms with van der Waals surface area (Å²) >= 11 is 2.81. The van der Waals surface area contributed by atoms with Gasteiger partial charge in [0.15, 0.2) is 6.10 Å². The maximum Gasteiger partial charge on any atom is 0.351 e. The number of amides is 1. The summed E-state index contributed by atoms with van der Waals surface area (Å²) in [6.07, 6.45) is 2.03. The number of thiophene rings is 1. The first-order chi connectivity index (χ1) is 12.0. The molecule has 0 bridgehead atoms. The highest BCUT2D eigenvalue weighted by molar-refractivity contribution is 7.17. The smallest absolute Gasteiger partial charge is 0.351 e. The van der Waals surface area contributed by atoms with E-state index in [1.165, 1.54) is 30.7 Å². The van der Waals surface area contributed by atoms with Crippen molar-refractivity contribution in [1.29, 1.82) is 0 Å². The van der Waals surface area contributed by atoms with E-state index in [4.69, 9.17) is 4.74 Å². The van der Waals surface area contributed by atoms with Gasteiger partial charge in [0.25, 0.3) is 5.91 Å². The Kier molecular flexibility index (Phi) is 5.15. The van der Waals surface area contributed by atoms with E-state index in [0.717, 1.165) is 10.6 Å². The van der Waals surface area contributed by atoms with Crippen LogP contribution in [0.15, 0.2) is 35.3 Å². The summed E-state index contributed by atoms with van der Waals surface area (Å²) in [6, 6.07) is 3.57. The number of carbonyl (C=O) groups excluding carboxylic acids is 2. The van der Waals surface area contributed by atoms with Gasteiger partial charge < -0.3 is 4.74 Å². The summed E-state index contributed by atoms with van der Waals surface area (Å²) < 4.78 is 5.25. The molecule has 0 aliphatic carbocycles. The van der Waals surface area contributed by atoms with E-state index in [2.05, 4.69) is 20.3 Å². The SMILES string of the molecule is Cc1nc(-c2ccsc2)sc1C(=O)OC(C)C(=O)Nc1ncccn1. The fourth-order valence-corrected chi connectivity index (χ4v) is 3.60. The van der Waals surface area contributed by atoms with E-state index in [0.29, 0.717) is 10.6 Å². The summed E-state index contributed by atoms with van der Waals surface area (Å²) in [6.45, 7) is 3.23. The number of carbonyl (C=O) groups is 2. The zero-order valence-electron chi connectivity index (χ0n) is 13.4. The van der Waals surface area contributed by atoms with Gasteiger partial charge in [-0.1, -0.05) is 0 Å². The molecule has 0 fully saturated rings. The molecule has 0 aliphatic rings. The molecule has 1 unspecified atom stereocenters. The van der Waals surface area contributed by atoms with Crippen LogP contribution in [-0.2, 0) is 9.53 Å². The second-order valence-corrected chi connectivity index (χ2v) is 6.83. The largest absolute Gasteiger partial charge is 0.448 e. The Morgan fingerprint density at radius 1 is 1.28 bits per heavy atom. The maximum absolute atomic E-state index is 12.4. The van der Waals surface area contributed by atoms with Gasteiger partial charge in [-0.25, -0.2) is 19.7 Å². The Morgan fingerprint density at radius 2 is 2.04 bits per heavy atom. The standard InChI is InChI=1S/C16H14N4O3S2/c1-9-12(25-14(19-9)11-4-7-24-8-11)15(22)23-10(2)13(21)20-16-17-5-3-6-18-16/h3-8,10H,1-2H3,(H,17,18,20,21). The molecule has 3 rings (SSSR count). The molecule has 0 saturated carbocycles. The molecule has 0 spiro atoms.